The van der Waals surface area contributed by atoms with Crippen LogP contribution in [0, 0.1) is 35.5 Å². The van der Waals surface area contributed by atoms with Crippen molar-refractivity contribution in [3.05, 3.63) is 41.7 Å². The number of pyridine rings is 1. The van der Waals surface area contributed by atoms with Crippen LogP contribution in [0.15, 0.2) is 30.5 Å². The molecule has 1 aromatic carbocycles. The SMILES string of the molecule is C#CC1(N2CC3CCCCN(C2)[C@@H]2C(=O)N[C@@H]4C(=O)N5CCC[C@H](N5)C(=O)OCC(C)(C)Cc5c(-c6cc(N7CCCCC(C8CC8)CC7)cnc6[C@H](C)OC)n(CC)c6ccc(cc56)N5CCO[C@H](C5)[C@H]4[N+]4(CCOCC4)C32)COC1. The number of methoxy groups -OCH3 is 1. The summed E-state index contributed by atoms with van der Waals surface area (Å²) in [6, 6.07) is 6.43. The predicted molar refractivity (Wildman–Crippen MR) is 314 cm³/mol. The number of carbonyl (C=O) groups excluding carboxylic acids is 3. The lowest BCUT2D eigenvalue weighted by Gasteiger charge is -2.57. The van der Waals surface area contributed by atoms with Crippen LogP contribution < -0.4 is 20.5 Å². The quantitative estimate of drug-likeness (QED) is 0.164. The summed E-state index contributed by atoms with van der Waals surface area (Å²) in [4.78, 5) is 61.5. The summed E-state index contributed by atoms with van der Waals surface area (Å²) in [7, 11) is 1.77. The van der Waals surface area contributed by atoms with Gasteiger partial charge >= 0.3 is 5.97 Å². The fourth-order valence-corrected chi connectivity index (χ4v) is 16.8. The van der Waals surface area contributed by atoms with Gasteiger partial charge in [-0.2, -0.15) is 0 Å². The number of cyclic esters (lactones) is 1. The summed E-state index contributed by atoms with van der Waals surface area (Å²) < 4.78 is 34.9. The van der Waals surface area contributed by atoms with Crippen molar-refractivity contribution in [2.24, 2.45) is 23.2 Å². The summed E-state index contributed by atoms with van der Waals surface area (Å²) in [5, 5.41) is 6.31. The Morgan fingerprint density at radius 1 is 0.841 bits per heavy atom. The zero-order valence-corrected chi connectivity index (χ0v) is 49.6. The first-order valence-electron chi connectivity index (χ1n) is 31.7. The Labute approximate surface area is 485 Å². The molecular formula is C64H91N10O8+. The predicted octanol–water partition coefficient (Wildman–Crippen LogP) is 5.89. The standard InChI is InChI=1S/C64H90N10O8/c1-7-64(39-80-40-64)71-36-45-15-10-12-23-70(41-71)57-58(45)74(27-30-79-31-28-74)59-53-37-69(26-29-81-53)46-19-20-52-48(32-46)50(34-63(4,5)38-82-62(77)51-16-13-24-73(67-51)61(76)55(59)66-60(57)75)56(72(52)8-2)49-33-47(35-65-54(49)42(3)78-6)68-22-11-9-14-43(21-25-68)44-17-18-44/h1,19-20,32-33,35,42-45,51,53,55,57-59,67H,8-18,21-31,34,36-41H2,2-6H3/p+1/t42-,43?,45?,51-,53+,55-,57-,58?,59+/m0/s1. The van der Waals surface area contributed by atoms with Gasteiger partial charge < -0.3 is 47.9 Å². The lowest BCUT2D eigenvalue weighted by atomic mass is 9.80. The van der Waals surface area contributed by atoms with Gasteiger partial charge in [0, 0.05) is 86.4 Å². The van der Waals surface area contributed by atoms with E-state index < -0.39 is 41.2 Å². The third-order valence-corrected chi connectivity index (χ3v) is 21.4. The number of carbonyl (C=O) groups is 3. The highest BCUT2D eigenvalue weighted by molar-refractivity contribution is 5.95. The highest BCUT2D eigenvalue weighted by Gasteiger charge is 2.65. The van der Waals surface area contributed by atoms with Gasteiger partial charge in [-0.05, 0) is 113 Å². The number of morpholine rings is 2. The number of rotatable bonds is 7. The Morgan fingerprint density at radius 2 is 1.63 bits per heavy atom. The zero-order chi connectivity index (χ0) is 56.5. The molecule has 2 amide bonds. The molecule has 8 saturated heterocycles. The minimum absolute atomic E-state index is 0.0811. The number of esters is 1. The van der Waals surface area contributed by atoms with Crippen LogP contribution in [0.25, 0.3) is 22.2 Å². The summed E-state index contributed by atoms with van der Waals surface area (Å²) in [5.74, 6) is 4.17. The van der Waals surface area contributed by atoms with Crippen molar-refractivity contribution in [1.82, 2.24) is 35.1 Å². The molecule has 18 heteroatoms. The number of terminal acetylenes is 1. The van der Waals surface area contributed by atoms with Gasteiger partial charge in [-0.15, -0.1) is 6.42 Å². The van der Waals surface area contributed by atoms with E-state index >= 15 is 9.59 Å². The number of hydrazine groups is 1. The van der Waals surface area contributed by atoms with E-state index in [1.807, 2.05) is 0 Å². The molecule has 9 aliphatic heterocycles. The fraction of sp³-hybridized carbons (Fsp3) is 0.719. The number of ether oxygens (including phenoxy) is 5. The number of fused-ring (bicyclic) bond motifs is 9. The van der Waals surface area contributed by atoms with Crippen molar-refractivity contribution < 1.29 is 42.6 Å². The van der Waals surface area contributed by atoms with Crippen LogP contribution in [0.3, 0.4) is 0 Å². The molecule has 10 aliphatic rings. The number of aryl methyl sites for hydroxylation is 1. The van der Waals surface area contributed by atoms with Gasteiger partial charge in [-0.25, -0.2) is 5.43 Å². The fourth-order valence-electron chi connectivity index (χ4n) is 16.8. The largest absolute Gasteiger partial charge is 0.464 e. The minimum Gasteiger partial charge on any atom is -0.464 e. The molecular weight excluding hydrogens is 1040 g/mol. The van der Waals surface area contributed by atoms with Gasteiger partial charge in [-0.3, -0.25) is 34.2 Å². The van der Waals surface area contributed by atoms with Crippen molar-refractivity contribution in [2.45, 2.75) is 159 Å². The van der Waals surface area contributed by atoms with Gasteiger partial charge in [0.25, 0.3) is 5.91 Å². The Bertz CT molecular complexity index is 2910. The highest BCUT2D eigenvalue weighted by Crippen LogP contribution is 2.47. The molecule has 82 heavy (non-hydrogen) atoms. The van der Waals surface area contributed by atoms with Crippen molar-refractivity contribution >= 4 is 40.1 Å². The first kappa shape index (κ1) is 56.3. The maximum atomic E-state index is 15.9. The summed E-state index contributed by atoms with van der Waals surface area (Å²) in [6.45, 7) is 18.8. The van der Waals surface area contributed by atoms with Crippen LogP contribution in [0.1, 0.15) is 116 Å². The zero-order valence-electron chi connectivity index (χ0n) is 49.6. The molecule has 1 aliphatic carbocycles. The third kappa shape index (κ3) is 10.2. The lowest BCUT2D eigenvalue weighted by Crippen LogP contribution is -2.78. The van der Waals surface area contributed by atoms with Gasteiger partial charge in [0.05, 0.1) is 82.2 Å². The van der Waals surface area contributed by atoms with Crippen LogP contribution in [0.2, 0.25) is 0 Å². The number of nitrogens with one attached hydrogen (secondary N) is 2. The van der Waals surface area contributed by atoms with Crippen LogP contribution in [0.5, 0.6) is 0 Å². The van der Waals surface area contributed by atoms with E-state index in [4.69, 9.17) is 35.1 Å². The number of quaternary nitrogens is 1. The molecule has 18 nitrogen and oxygen atoms in total. The van der Waals surface area contributed by atoms with E-state index in [0.29, 0.717) is 96.2 Å². The number of hydrogen-bond donors (Lipinski definition) is 2. The number of hydrogen-bond acceptors (Lipinski definition) is 14. The Kier molecular flexibility index (Phi) is 15.7. The van der Waals surface area contributed by atoms with E-state index in [1.54, 1.807) is 12.1 Å². The van der Waals surface area contributed by atoms with Gasteiger partial charge in [-0.1, -0.05) is 39.0 Å². The maximum Gasteiger partial charge on any atom is 0.324 e. The Balaban J connectivity index is 0.951. The molecule has 4 unspecified atom stereocenters. The van der Waals surface area contributed by atoms with Gasteiger partial charge in [0.1, 0.15) is 48.9 Å². The normalized spacial score (nSPS) is 32.9. The number of benzene rings is 1. The maximum absolute atomic E-state index is 15.9. The monoisotopic (exact) mass is 1130 g/mol. The average Bonchev–Trinajstić information content (AvgIpc) is 2.65. The van der Waals surface area contributed by atoms with Crippen LogP contribution >= 0.6 is 0 Å². The number of nitrogens with zero attached hydrogens (tertiary/aromatic N) is 8. The molecule has 2 N–H and O–H groups in total. The molecule has 444 valence electrons. The van der Waals surface area contributed by atoms with Gasteiger partial charge in [0.2, 0.25) is 5.91 Å². The van der Waals surface area contributed by atoms with Crippen molar-refractivity contribution in [3.63, 3.8) is 0 Å². The van der Waals surface area contributed by atoms with E-state index in [0.717, 1.165) is 103 Å². The minimum atomic E-state index is -0.972. The lowest BCUT2D eigenvalue weighted by molar-refractivity contribution is -0.986. The number of amides is 2. The topological polar surface area (TPSA) is 155 Å². The Morgan fingerprint density at radius 3 is 2.39 bits per heavy atom. The third-order valence-electron chi connectivity index (χ3n) is 21.4. The first-order valence-corrected chi connectivity index (χ1v) is 31.7. The molecule has 9 fully saturated rings. The second kappa shape index (κ2) is 22.9. The van der Waals surface area contributed by atoms with E-state index in [-0.39, 0.29) is 42.5 Å². The molecule has 0 radical (unpaired) electrons. The summed E-state index contributed by atoms with van der Waals surface area (Å²) in [5.41, 5.74) is 10.0. The molecule has 3 aromatic rings. The average molecular weight is 1130 g/mol. The van der Waals surface area contributed by atoms with Crippen LogP contribution in [0.4, 0.5) is 11.4 Å². The molecule has 1 saturated carbocycles. The molecule has 1 spiro atoms. The van der Waals surface area contributed by atoms with E-state index in [9.17, 15) is 4.79 Å². The molecule has 10 atom stereocenters. The Hall–Kier alpha value is -4.84. The highest BCUT2D eigenvalue weighted by atomic mass is 16.5. The molecule has 11 heterocycles. The molecule has 8 bridgehead atoms. The van der Waals surface area contributed by atoms with E-state index in [1.165, 1.54) is 44.1 Å². The second-order valence-electron chi connectivity index (χ2n) is 26.9. The number of aromatic nitrogens is 2. The summed E-state index contributed by atoms with van der Waals surface area (Å²) >= 11 is 0. The van der Waals surface area contributed by atoms with Crippen molar-refractivity contribution in [2.75, 3.05) is 122 Å². The van der Waals surface area contributed by atoms with E-state index in [2.05, 4.69) is 99.0 Å². The molecule has 13 rings (SSSR count). The van der Waals surface area contributed by atoms with Crippen LogP contribution in [-0.4, -0.2) is 201 Å². The second-order valence-corrected chi connectivity index (χ2v) is 26.9. The van der Waals surface area contributed by atoms with Crippen molar-refractivity contribution in [3.8, 4) is 23.6 Å². The smallest absolute Gasteiger partial charge is 0.324 e. The summed E-state index contributed by atoms with van der Waals surface area (Å²) in [6.07, 6.45) is 20.2. The van der Waals surface area contributed by atoms with Gasteiger partial charge in [0.15, 0.2) is 6.04 Å². The molecule has 2 aromatic heterocycles. The van der Waals surface area contributed by atoms with Crippen LogP contribution in [-0.2, 0) is 51.0 Å². The number of anilines is 2. The first-order chi connectivity index (χ1) is 39.8. The van der Waals surface area contributed by atoms with Crippen molar-refractivity contribution in [1.29, 1.82) is 0 Å².